The first-order valence-corrected chi connectivity index (χ1v) is 7.62. The number of ether oxygens (including phenoxy) is 1. The van der Waals surface area contributed by atoms with Gasteiger partial charge in [-0.15, -0.1) is 0 Å². The third-order valence-corrected chi connectivity index (χ3v) is 4.40. The molecule has 0 amide bonds. The number of aryl methyl sites for hydroxylation is 1. The van der Waals surface area contributed by atoms with E-state index in [1.807, 2.05) is 0 Å². The fourth-order valence-corrected chi connectivity index (χ4v) is 2.90. The molecule has 1 aromatic carbocycles. The minimum atomic E-state index is 0.668. The lowest BCUT2D eigenvalue weighted by Gasteiger charge is -2.09. The first kappa shape index (κ1) is 13.8. The number of halogens is 1. The predicted octanol–water partition coefficient (Wildman–Crippen LogP) is 4.21. The van der Waals surface area contributed by atoms with E-state index in [-0.39, 0.29) is 0 Å². The summed E-state index contributed by atoms with van der Waals surface area (Å²) in [6.07, 6.45) is 3.57. The molecule has 1 aliphatic rings. The first-order valence-electron chi connectivity index (χ1n) is 7.24. The Balaban J connectivity index is 1.94. The Morgan fingerprint density at radius 2 is 2.20 bits per heavy atom. The number of nitrogens with zero attached hydrogens (tertiary/aromatic N) is 1. The van der Waals surface area contributed by atoms with E-state index in [1.54, 1.807) is 7.11 Å². The predicted molar refractivity (Wildman–Crippen MR) is 84.8 cm³/mol. The minimum absolute atomic E-state index is 0.668. The molecule has 0 aliphatic heterocycles. The van der Waals surface area contributed by atoms with Crippen LogP contribution in [0.15, 0.2) is 18.2 Å². The molecule has 1 aromatic heterocycles. The average molecular weight is 293 g/mol. The van der Waals surface area contributed by atoms with Gasteiger partial charge in [0.2, 0.25) is 0 Å². The molecule has 1 N–H and O–H groups in total. The zero-order chi connectivity index (χ0) is 14.1. The van der Waals surface area contributed by atoms with Gasteiger partial charge in [0.25, 0.3) is 0 Å². The van der Waals surface area contributed by atoms with Gasteiger partial charge in [-0.3, -0.25) is 0 Å². The molecule has 20 heavy (non-hydrogen) atoms. The normalized spacial score (nSPS) is 14.9. The molecule has 0 atom stereocenters. The maximum absolute atomic E-state index is 6.46. The average Bonchev–Trinajstić information content (AvgIpc) is 3.22. The van der Waals surface area contributed by atoms with E-state index in [4.69, 9.17) is 16.3 Å². The van der Waals surface area contributed by atoms with Gasteiger partial charge in [-0.2, -0.15) is 0 Å². The molecule has 1 heterocycles. The van der Waals surface area contributed by atoms with Crippen LogP contribution < -0.4 is 5.32 Å². The highest BCUT2D eigenvalue weighted by Crippen LogP contribution is 2.33. The van der Waals surface area contributed by atoms with Crippen molar-refractivity contribution in [1.29, 1.82) is 0 Å². The Labute approximate surface area is 124 Å². The summed E-state index contributed by atoms with van der Waals surface area (Å²) in [5, 5.41) is 5.56. The highest BCUT2D eigenvalue weighted by atomic mass is 35.5. The molecule has 3 rings (SSSR count). The summed E-state index contributed by atoms with van der Waals surface area (Å²) in [6, 6.07) is 7.15. The van der Waals surface area contributed by atoms with Gasteiger partial charge < -0.3 is 14.6 Å². The minimum Gasteiger partial charge on any atom is -0.385 e. The van der Waals surface area contributed by atoms with E-state index in [0.717, 1.165) is 35.7 Å². The molecule has 0 unspecified atom stereocenters. The van der Waals surface area contributed by atoms with E-state index in [2.05, 4.69) is 35.0 Å². The highest BCUT2D eigenvalue weighted by Gasteiger charge is 2.21. The molecule has 0 spiro atoms. The van der Waals surface area contributed by atoms with Gasteiger partial charge in [-0.05, 0) is 44.4 Å². The molecule has 0 radical (unpaired) electrons. The summed E-state index contributed by atoms with van der Waals surface area (Å²) >= 11 is 6.46. The van der Waals surface area contributed by atoms with Crippen molar-refractivity contribution in [2.24, 2.45) is 0 Å². The number of benzene rings is 1. The monoisotopic (exact) mass is 292 g/mol. The van der Waals surface area contributed by atoms with E-state index in [0.29, 0.717) is 6.04 Å². The zero-order valence-corrected chi connectivity index (χ0v) is 12.8. The molecular formula is C16H21ClN2O. The Bertz CT molecular complexity index is 616. The fourth-order valence-electron chi connectivity index (χ4n) is 2.64. The van der Waals surface area contributed by atoms with Crippen molar-refractivity contribution in [3.8, 4) is 0 Å². The van der Waals surface area contributed by atoms with Gasteiger partial charge in [0.1, 0.15) is 0 Å². The van der Waals surface area contributed by atoms with Gasteiger partial charge in [0.15, 0.2) is 0 Å². The third kappa shape index (κ3) is 2.65. The maximum atomic E-state index is 6.46. The Hall–Kier alpha value is -1.19. The number of methoxy groups -OCH3 is 1. The lowest BCUT2D eigenvalue weighted by Crippen LogP contribution is -2.04. The van der Waals surface area contributed by atoms with Crippen molar-refractivity contribution >= 4 is 28.2 Å². The number of anilines is 1. The van der Waals surface area contributed by atoms with Gasteiger partial charge in [0.05, 0.1) is 10.5 Å². The molecule has 108 valence electrons. The molecule has 1 fully saturated rings. The number of hydrogen-bond donors (Lipinski definition) is 1. The standard InChI is InChI=1S/C16H21ClN2O/c1-11-16(17)14-7-6-13(18-12-4-5-12)10-15(14)19(11)8-3-9-20-2/h6-7,10,12,18H,3-5,8-9H2,1-2H3. The smallest absolute Gasteiger partial charge is 0.0691 e. The molecule has 1 aliphatic carbocycles. The number of fused-ring (bicyclic) bond motifs is 1. The van der Waals surface area contributed by atoms with Crippen molar-refractivity contribution < 1.29 is 4.74 Å². The summed E-state index contributed by atoms with van der Waals surface area (Å²) in [4.78, 5) is 0. The molecule has 2 aromatic rings. The maximum Gasteiger partial charge on any atom is 0.0691 e. The van der Waals surface area contributed by atoms with Crippen LogP contribution in [-0.4, -0.2) is 24.3 Å². The first-order chi connectivity index (χ1) is 9.70. The van der Waals surface area contributed by atoms with Gasteiger partial charge in [-0.1, -0.05) is 11.6 Å². The van der Waals surface area contributed by atoms with Crippen LogP contribution in [0.1, 0.15) is 25.0 Å². The van der Waals surface area contributed by atoms with Crippen LogP contribution in [0.5, 0.6) is 0 Å². The summed E-state index contributed by atoms with van der Waals surface area (Å²) < 4.78 is 7.45. The highest BCUT2D eigenvalue weighted by molar-refractivity contribution is 6.36. The number of aromatic nitrogens is 1. The second kappa shape index (κ2) is 5.66. The van der Waals surface area contributed by atoms with E-state index < -0.39 is 0 Å². The molecule has 0 saturated heterocycles. The van der Waals surface area contributed by atoms with Crippen LogP contribution in [0.25, 0.3) is 10.9 Å². The topological polar surface area (TPSA) is 26.2 Å². The lowest BCUT2D eigenvalue weighted by molar-refractivity contribution is 0.190. The van der Waals surface area contributed by atoms with Crippen molar-refractivity contribution in [3.63, 3.8) is 0 Å². The van der Waals surface area contributed by atoms with E-state index >= 15 is 0 Å². The SMILES string of the molecule is COCCCn1c(C)c(Cl)c2ccc(NC3CC3)cc21. The van der Waals surface area contributed by atoms with Crippen LogP contribution in [0.2, 0.25) is 5.02 Å². The number of nitrogens with one attached hydrogen (secondary N) is 1. The number of rotatable bonds is 6. The Morgan fingerprint density at radius 3 is 2.90 bits per heavy atom. The molecule has 3 nitrogen and oxygen atoms in total. The second-order valence-corrected chi connectivity index (χ2v) is 5.93. The summed E-state index contributed by atoms with van der Waals surface area (Å²) in [5.41, 5.74) is 3.55. The summed E-state index contributed by atoms with van der Waals surface area (Å²) in [5.74, 6) is 0. The van der Waals surface area contributed by atoms with Crippen LogP contribution in [-0.2, 0) is 11.3 Å². The van der Waals surface area contributed by atoms with Crippen LogP contribution in [0.3, 0.4) is 0 Å². The van der Waals surface area contributed by atoms with E-state index in [1.165, 1.54) is 24.0 Å². The van der Waals surface area contributed by atoms with Gasteiger partial charge in [-0.25, -0.2) is 0 Å². The fraction of sp³-hybridized carbons (Fsp3) is 0.500. The van der Waals surface area contributed by atoms with Crippen molar-refractivity contribution in [2.45, 2.75) is 38.8 Å². The Kier molecular flexibility index (Phi) is 3.90. The van der Waals surface area contributed by atoms with E-state index in [9.17, 15) is 0 Å². The summed E-state index contributed by atoms with van der Waals surface area (Å²) in [7, 11) is 1.74. The second-order valence-electron chi connectivity index (χ2n) is 5.55. The largest absolute Gasteiger partial charge is 0.385 e. The van der Waals surface area contributed by atoms with Crippen molar-refractivity contribution in [2.75, 3.05) is 19.0 Å². The van der Waals surface area contributed by atoms with Crippen LogP contribution in [0, 0.1) is 6.92 Å². The molecule has 4 heteroatoms. The molecular weight excluding hydrogens is 272 g/mol. The molecule has 0 bridgehead atoms. The van der Waals surface area contributed by atoms with Crippen molar-refractivity contribution in [1.82, 2.24) is 4.57 Å². The molecule has 1 saturated carbocycles. The summed E-state index contributed by atoms with van der Waals surface area (Å²) in [6.45, 7) is 3.80. The Morgan fingerprint density at radius 1 is 1.40 bits per heavy atom. The van der Waals surface area contributed by atoms with Crippen LogP contribution in [0.4, 0.5) is 5.69 Å². The van der Waals surface area contributed by atoms with Crippen LogP contribution >= 0.6 is 11.6 Å². The van der Waals surface area contributed by atoms with Gasteiger partial charge >= 0.3 is 0 Å². The third-order valence-electron chi connectivity index (χ3n) is 3.93. The van der Waals surface area contributed by atoms with Crippen molar-refractivity contribution in [3.05, 3.63) is 28.9 Å². The number of hydrogen-bond acceptors (Lipinski definition) is 2. The zero-order valence-electron chi connectivity index (χ0n) is 12.1. The quantitative estimate of drug-likeness (QED) is 0.807. The van der Waals surface area contributed by atoms with Gasteiger partial charge in [0, 0.05) is 43.1 Å². The lowest BCUT2D eigenvalue weighted by atomic mass is 10.2.